The Morgan fingerprint density at radius 1 is 1.26 bits per heavy atom. The number of nitrogens with one attached hydrogen (secondary N) is 2. The number of rotatable bonds is 12. The highest BCUT2D eigenvalue weighted by Gasteiger charge is 2.53. The molecule has 0 radical (unpaired) electrons. The lowest BCUT2D eigenvalue weighted by molar-refractivity contribution is -0.149. The lowest BCUT2D eigenvalue weighted by atomic mass is 10.0. The molecule has 2 heterocycles. The average Bonchev–Trinajstić information content (AvgIpc) is 2.72. The van der Waals surface area contributed by atoms with Gasteiger partial charge in [-0.15, -0.1) is 11.8 Å². The highest BCUT2D eigenvalue weighted by atomic mass is 32.2. The molecule has 2 aliphatic heterocycles. The number of thioether (sulfide) groups is 1. The summed E-state index contributed by atoms with van der Waals surface area (Å²) in [7, 11) is 0. The van der Waals surface area contributed by atoms with Gasteiger partial charge < -0.3 is 30.7 Å². The van der Waals surface area contributed by atoms with E-state index < -0.39 is 36.7 Å². The van der Waals surface area contributed by atoms with Crippen molar-refractivity contribution in [2.75, 3.05) is 25.5 Å². The van der Waals surface area contributed by atoms with E-state index in [-0.39, 0.29) is 35.9 Å². The number of ether oxygens (including phenoxy) is 1. The molecule has 31 heavy (non-hydrogen) atoms. The summed E-state index contributed by atoms with van der Waals surface area (Å²) >= 11 is 1.39. The first-order valence-electron chi connectivity index (χ1n) is 10.1. The van der Waals surface area contributed by atoms with Gasteiger partial charge in [0.15, 0.2) is 0 Å². The van der Waals surface area contributed by atoms with E-state index in [1.807, 2.05) is 13.8 Å². The third kappa shape index (κ3) is 6.34. The molecule has 0 aromatic rings. The number of carboxylic acids is 2. The summed E-state index contributed by atoms with van der Waals surface area (Å²) in [5, 5.41) is 33.0. The quantitative estimate of drug-likeness (QED) is 0.201. The van der Waals surface area contributed by atoms with Crippen molar-refractivity contribution in [1.29, 1.82) is 0 Å². The number of fused-ring (bicyclic) bond motifs is 1. The zero-order chi connectivity index (χ0) is 23.1. The Balaban J connectivity index is 1.75. The zero-order valence-electron chi connectivity index (χ0n) is 17.5. The van der Waals surface area contributed by atoms with Gasteiger partial charge in [0.05, 0.1) is 13.2 Å². The van der Waals surface area contributed by atoms with Crippen LogP contribution in [0.2, 0.25) is 0 Å². The topological polar surface area (TPSA) is 166 Å². The van der Waals surface area contributed by atoms with Crippen LogP contribution in [0.15, 0.2) is 11.3 Å². The SMILES string of the molecule is CC(C)COC(=O)NC(CCCCN[C@@H]1C(=O)N2C(C(=O)O)=C(CO)CS[C@H]12)C(=O)O. The minimum Gasteiger partial charge on any atom is -0.480 e. The molecule has 0 aromatic heterocycles. The third-order valence-electron chi connectivity index (χ3n) is 4.86. The first-order valence-corrected chi connectivity index (χ1v) is 11.1. The fourth-order valence-corrected chi connectivity index (χ4v) is 4.64. The van der Waals surface area contributed by atoms with Gasteiger partial charge in [-0.2, -0.15) is 0 Å². The van der Waals surface area contributed by atoms with Crippen molar-refractivity contribution >= 4 is 35.7 Å². The number of hydrogen-bond acceptors (Lipinski definition) is 8. The number of aliphatic hydroxyl groups is 1. The summed E-state index contributed by atoms with van der Waals surface area (Å²) in [5.74, 6) is -2.27. The summed E-state index contributed by atoms with van der Waals surface area (Å²) < 4.78 is 4.94. The van der Waals surface area contributed by atoms with Gasteiger partial charge in [0.1, 0.15) is 23.2 Å². The molecular weight excluding hydrogens is 430 g/mol. The number of aliphatic hydroxyl groups excluding tert-OH is 1. The summed E-state index contributed by atoms with van der Waals surface area (Å²) in [4.78, 5) is 48.0. The average molecular weight is 460 g/mol. The van der Waals surface area contributed by atoms with Gasteiger partial charge in [-0.25, -0.2) is 14.4 Å². The normalized spacial score (nSPS) is 21.4. The van der Waals surface area contributed by atoms with Crippen LogP contribution >= 0.6 is 11.8 Å². The van der Waals surface area contributed by atoms with Gasteiger partial charge in [0, 0.05) is 5.75 Å². The number of carboxylic acid groups (broad SMARTS) is 2. The number of β-lactam (4-membered cyclic amide) rings is 1. The van der Waals surface area contributed by atoms with Crippen LogP contribution < -0.4 is 10.6 Å². The van der Waals surface area contributed by atoms with E-state index in [0.717, 1.165) is 0 Å². The van der Waals surface area contributed by atoms with Crippen LogP contribution in [0.1, 0.15) is 33.1 Å². The van der Waals surface area contributed by atoms with E-state index in [1.54, 1.807) is 0 Å². The Bertz CT molecular complexity index is 742. The molecule has 0 aliphatic carbocycles. The van der Waals surface area contributed by atoms with Crippen molar-refractivity contribution in [3.05, 3.63) is 11.3 Å². The maximum atomic E-state index is 12.4. The second kappa shape index (κ2) is 11.3. The van der Waals surface area contributed by atoms with Crippen molar-refractivity contribution in [3.63, 3.8) is 0 Å². The largest absolute Gasteiger partial charge is 0.480 e. The third-order valence-corrected chi connectivity index (χ3v) is 6.20. The second-order valence-corrected chi connectivity index (χ2v) is 8.89. The fraction of sp³-hybridized carbons (Fsp3) is 0.684. The van der Waals surface area contributed by atoms with Crippen LogP contribution in [-0.2, 0) is 19.1 Å². The standard InChI is InChI=1S/C19H29N3O8S/c1-10(2)8-30-19(29)21-12(17(25)26)5-3-4-6-20-13-15(24)22-14(18(27)28)11(7-23)9-31-16(13)22/h10,12-13,16,20,23H,3-9H2,1-2H3,(H,21,29)(H,25,26)(H,27,28)/t12?,13-,16-/m1/s1. The maximum absolute atomic E-state index is 12.4. The zero-order valence-corrected chi connectivity index (χ0v) is 18.3. The Morgan fingerprint density at radius 3 is 2.55 bits per heavy atom. The molecule has 1 unspecified atom stereocenters. The van der Waals surface area contributed by atoms with Crippen LogP contribution in [-0.4, -0.2) is 87.1 Å². The molecule has 174 valence electrons. The fourth-order valence-electron chi connectivity index (χ4n) is 3.27. The minimum atomic E-state index is -1.24. The molecule has 1 fully saturated rings. The maximum Gasteiger partial charge on any atom is 0.407 e. The highest BCUT2D eigenvalue weighted by molar-refractivity contribution is 8.00. The Labute approximate surface area is 184 Å². The van der Waals surface area contributed by atoms with Crippen molar-refractivity contribution in [3.8, 4) is 0 Å². The summed E-state index contributed by atoms with van der Waals surface area (Å²) in [6, 6.07) is -1.59. The van der Waals surface area contributed by atoms with Gasteiger partial charge in [-0.05, 0) is 37.3 Å². The number of unbranched alkanes of at least 4 members (excludes halogenated alkanes) is 1. The van der Waals surface area contributed by atoms with Gasteiger partial charge in [0.2, 0.25) is 5.91 Å². The van der Waals surface area contributed by atoms with Gasteiger partial charge >= 0.3 is 18.0 Å². The molecule has 1 saturated heterocycles. The van der Waals surface area contributed by atoms with Crippen LogP contribution in [0.5, 0.6) is 0 Å². The second-order valence-electron chi connectivity index (χ2n) is 7.78. The van der Waals surface area contributed by atoms with Crippen LogP contribution in [0.25, 0.3) is 0 Å². The molecule has 0 bridgehead atoms. The number of carbonyl (C=O) groups is 4. The number of nitrogens with zero attached hydrogens (tertiary/aromatic N) is 1. The lowest BCUT2D eigenvalue weighted by Crippen LogP contribution is -2.70. The summed E-state index contributed by atoms with van der Waals surface area (Å²) in [6.07, 6.45) is 0.504. The molecule has 0 spiro atoms. The summed E-state index contributed by atoms with van der Waals surface area (Å²) in [5.41, 5.74) is 0.175. The van der Waals surface area contributed by atoms with E-state index in [9.17, 15) is 34.5 Å². The molecule has 5 N–H and O–H groups in total. The van der Waals surface area contributed by atoms with Gasteiger partial charge in [-0.1, -0.05) is 13.8 Å². The number of aliphatic carboxylic acids is 2. The molecule has 11 nitrogen and oxygen atoms in total. The van der Waals surface area contributed by atoms with Crippen molar-refractivity contribution in [2.45, 2.75) is 50.6 Å². The summed E-state index contributed by atoms with van der Waals surface area (Å²) in [6.45, 7) is 3.97. The van der Waals surface area contributed by atoms with Crippen molar-refractivity contribution in [2.24, 2.45) is 5.92 Å². The molecular formula is C19H29N3O8S. The Hall–Kier alpha value is -2.31. The van der Waals surface area contributed by atoms with Crippen LogP contribution in [0.3, 0.4) is 0 Å². The van der Waals surface area contributed by atoms with Crippen molar-refractivity contribution < 1.29 is 39.2 Å². The van der Waals surface area contributed by atoms with Crippen LogP contribution in [0, 0.1) is 5.92 Å². The molecule has 2 aliphatic rings. The number of hydrogen-bond donors (Lipinski definition) is 5. The molecule has 3 atom stereocenters. The predicted molar refractivity (Wildman–Crippen MR) is 111 cm³/mol. The highest BCUT2D eigenvalue weighted by Crippen LogP contribution is 2.40. The molecule has 12 heteroatoms. The monoisotopic (exact) mass is 459 g/mol. The number of carbonyl (C=O) groups excluding carboxylic acids is 2. The van der Waals surface area contributed by atoms with Gasteiger partial charge in [0.25, 0.3) is 0 Å². The van der Waals surface area contributed by atoms with Gasteiger partial charge in [-0.3, -0.25) is 9.69 Å². The van der Waals surface area contributed by atoms with E-state index in [2.05, 4.69) is 10.6 Å². The van der Waals surface area contributed by atoms with Crippen LogP contribution in [0.4, 0.5) is 4.79 Å². The molecule has 0 aromatic carbocycles. The van der Waals surface area contributed by atoms with Crippen molar-refractivity contribution in [1.82, 2.24) is 15.5 Å². The predicted octanol–water partition coefficient (Wildman–Crippen LogP) is 0.196. The smallest absolute Gasteiger partial charge is 0.407 e. The molecule has 2 amide bonds. The molecule has 0 saturated carbocycles. The van der Waals surface area contributed by atoms with E-state index in [4.69, 9.17) is 4.74 Å². The molecule has 2 rings (SSSR count). The number of amides is 2. The number of alkyl carbamates (subject to hydrolysis) is 1. The van der Waals surface area contributed by atoms with E-state index >= 15 is 0 Å². The first-order chi connectivity index (χ1) is 14.7. The lowest BCUT2D eigenvalue weighted by Gasteiger charge is -2.49. The first kappa shape index (κ1) is 25.0. The minimum absolute atomic E-state index is 0.143. The Kier molecular flexibility index (Phi) is 9.14. The Morgan fingerprint density at radius 2 is 1.97 bits per heavy atom. The van der Waals surface area contributed by atoms with E-state index in [1.165, 1.54) is 16.7 Å². The van der Waals surface area contributed by atoms with E-state index in [0.29, 0.717) is 30.7 Å².